The Hall–Kier alpha value is -1.65. The summed E-state index contributed by atoms with van der Waals surface area (Å²) in [7, 11) is 0. The first-order chi connectivity index (χ1) is 7.13. The van der Waals surface area contributed by atoms with Gasteiger partial charge < -0.3 is 10.4 Å². The molecule has 15 heavy (non-hydrogen) atoms. The van der Waals surface area contributed by atoms with Crippen molar-refractivity contribution in [2.45, 2.75) is 20.3 Å². The molecule has 5 nitrogen and oxygen atoms in total. The summed E-state index contributed by atoms with van der Waals surface area (Å²) >= 11 is 0. The quantitative estimate of drug-likeness (QED) is 0.764. The van der Waals surface area contributed by atoms with E-state index in [0.29, 0.717) is 18.8 Å². The number of rotatable bonds is 5. The Morgan fingerprint density at radius 1 is 1.60 bits per heavy atom. The van der Waals surface area contributed by atoms with Crippen LogP contribution >= 0.6 is 0 Å². The summed E-state index contributed by atoms with van der Waals surface area (Å²) in [4.78, 5) is 18.7. The molecule has 0 bridgehead atoms. The average molecular weight is 209 g/mol. The van der Waals surface area contributed by atoms with Crippen molar-refractivity contribution in [3.8, 4) is 0 Å². The topological polar surface area (TPSA) is 75.1 Å². The van der Waals surface area contributed by atoms with Gasteiger partial charge in [0.15, 0.2) is 0 Å². The Labute approximate surface area is 88.6 Å². The highest BCUT2D eigenvalue weighted by Gasteiger charge is 2.14. The van der Waals surface area contributed by atoms with E-state index in [1.54, 1.807) is 6.07 Å². The van der Waals surface area contributed by atoms with E-state index in [9.17, 15) is 4.79 Å². The van der Waals surface area contributed by atoms with Crippen molar-refractivity contribution in [3.05, 3.63) is 18.1 Å². The highest BCUT2D eigenvalue weighted by atomic mass is 16.4. The van der Waals surface area contributed by atoms with Gasteiger partial charge in [0.1, 0.15) is 12.1 Å². The molecule has 1 aromatic rings. The van der Waals surface area contributed by atoms with Gasteiger partial charge >= 0.3 is 5.97 Å². The van der Waals surface area contributed by atoms with Crippen LogP contribution in [0.4, 0.5) is 5.82 Å². The maximum Gasteiger partial charge on any atom is 0.308 e. The molecule has 0 saturated carbocycles. The van der Waals surface area contributed by atoms with E-state index in [1.165, 1.54) is 6.33 Å². The van der Waals surface area contributed by atoms with E-state index < -0.39 is 5.97 Å². The van der Waals surface area contributed by atoms with Gasteiger partial charge in [0.2, 0.25) is 0 Å². The molecule has 0 amide bonds. The first kappa shape index (κ1) is 11.4. The number of carboxylic acid groups (broad SMARTS) is 1. The lowest BCUT2D eigenvalue weighted by atomic mass is 10.1. The second-order valence-electron chi connectivity index (χ2n) is 3.37. The summed E-state index contributed by atoms with van der Waals surface area (Å²) in [5.74, 6) is -0.488. The second-order valence-corrected chi connectivity index (χ2v) is 3.37. The van der Waals surface area contributed by atoms with Crippen LogP contribution in [-0.2, 0) is 4.79 Å². The van der Waals surface area contributed by atoms with Crippen LogP contribution in [0.15, 0.2) is 12.4 Å². The molecule has 0 fully saturated rings. The molecule has 0 aromatic carbocycles. The maximum atomic E-state index is 10.7. The molecule has 1 heterocycles. The predicted octanol–water partition coefficient (Wildman–Crippen LogP) is 1.31. The van der Waals surface area contributed by atoms with Crippen LogP contribution in [0.5, 0.6) is 0 Å². The Bertz CT molecular complexity index is 341. The van der Waals surface area contributed by atoms with E-state index in [2.05, 4.69) is 15.3 Å². The van der Waals surface area contributed by atoms with Crippen molar-refractivity contribution < 1.29 is 9.90 Å². The fraction of sp³-hybridized carbons (Fsp3) is 0.500. The third-order valence-corrected chi connectivity index (χ3v) is 2.18. The van der Waals surface area contributed by atoms with Gasteiger partial charge in [-0.1, -0.05) is 6.92 Å². The molecule has 1 rings (SSSR count). The van der Waals surface area contributed by atoms with Gasteiger partial charge in [-0.3, -0.25) is 4.79 Å². The first-order valence-corrected chi connectivity index (χ1v) is 4.88. The van der Waals surface area contributed by atoms with Gasteiger partial charge in [-0.05, 0) is 13.3 Å². The first-order valence-electron chi connectivity index (χ1n) is 4.88. The molecular weight excluding hydrogens is 194 g/mol. The summed E-state index contributed by atoms with van der Waals surface area (Å²) in [5.41, 5.74) is 0.857. The van der Waals surface area contributed by atoms with Gasteiger partial charge in [0.25, 0.3) is 0 Å². The van der Waals surface area contributed by atoms with Crippen LogP contribution < -0.4 is 5.32 Å². The van der Waals surface area contributed by atoms with Gasteiger partial charge in [-0.2, -0.15) is 0 Å². The summed E-state index contributed by atoms with van der Waals surface area (Å²) in [5, 5.41) is 11.8. The van der Waals surface area contributed by atoms with Crippen LogP contribution in [0, 0.1) is 12.8 Å². The Morgan fingerprint density at radius 3 is 2.87 bits per heavy atom. The lowest BCUT2D eigenvalue weighted by Crippen LogP contribution is -2.22. The predicted molar refractivity (Wildman–Crippen MR) is 56.7 cm³/mol. The minimum absolute atomic E-state index is 0.375. The van der Waals surface area contributed by atoms with E-state index >= 15 is 0 Å². The van der Waals surface area contributed by atoms with Crippen molar-refractivity contribution in [3.63, 3.8) is 0 Å². The number of aliphatic carboxylic acids is 1. The number of nitrogens with zero attached hydrogens (tertiary/aromatic N) is 2. The van der Waals surface area contributed by atoms with Crippen LogP contribution in [0.1, 0.15) is 19.0 Å². The van der Waals surface area contributed by atoms with Crippen LogP contribution in [0.25, 0.3) is 0 Å². The molecule has 2 N–H and O–H groups in total. The van der Waals surface area contributed by atoms with Crippen molar-refractivity contribution in [1.29, 1.82) is 0 Å². The molecule has 82 valence electrons. The van der Waals surface area contributed by atoms with E-state index in [1.807, 2.05) is 13.8 Å². The standard InChI is InChI=1S/C10H15N3O2/c1-3-8(10(14)15)5-11-9-4-7(2)12-6-13-9/h4,6,8H,3,5H2,1-2H3,(H,14,15)(H,11,12,13). The summed E-state index contributed by atoms with van der Waals surface area (Å²) in [6.07, 6.45) is 2.06. The molecule has 0 radical (unpaired) electrons. The highest BCUT2D eigenvalue weighted by Crippen LogP contribution is 2.07. The van der Waals surface area contributed by atoms with Crippen LogP contribution in [0.3, 0.4) is 0 Å². The fourth-order valence-corrected chi connectivity index (χ4v) is 1.19. The summed E-state index contributed by atoms with van der Waals surface area (Å²) in [6, 6.07) is 1.79. The van der Waals surface area contributed by atoms with Gasteiger partial charge in [-0.25, -0.2) is 9.97 Å². The summed E-state index contributed by atoms with van der Waals surface area (Å²) < 4.78 is 0. The van der Waals surface area contributed by atoms with Gasteiger partial charge in [-0.15, -0.1) is 0 Å². The van der Waals surface area contributed by atoms with E-state index in [0.717, 1.165) is 5.69 Å². The molecule has 0 aliphatic heterocycles. The number of anilines is 1. The number of hydrogen-bond acceptors (Lipinski definition) is 4. The number of nitrogens with one attached hydrogen (secondary N) is 1. The summed E-state index contributed by atoms with van der Waals surface area (Å²) in [6.45, 7) is 4.11. The molecule has 0 spiro atoms. The SMILES string of the molecule is CCC(CNc1cc(C)ncn1)C(=O)O. The molecule has 1 atom stereocenters. The molecule has 0 saturated heterocycles. The number of carboxylic acids is 1. The number of aromatic nitrogens is 2. The van der Waals surface area contributed by atoms with Crippen LogP contribution in [0.2, 0.25) is 0 Å². The minimum Gasteiger partial charge on any atom is -0.481 e. The highest BCUT2D eigenvalue weighted by molar-refractivity contribution is 5.70. The molecule has 0 aliphatic carbocycles. The number of aryl methyl sites for hydroxylation is 1. The van der Waals surface area contributed by atoms with E-state index in [-0.39, 0.29) is 5.92 Å². The number of hydrogen-bond donors (Lipinski definition) is 2. The third-order valence-electron chi connectivity index (χ3n) is 2.18. The Morgan fingerprint density at radius 2 is 2.33 bits per heavy atom. The van der Waals surface area contributed by atoms with E-state index in [4.69, 9.17) is 5.11 Å². The molecule has 5 heteroatoms. The number of carbonyl (C=O) groups is 1. The Balaban J connectivity index is 2.52. The zero-order valence-corrected chi connectivity index (χ0v) is 8.90. The average Bonchev–Trinajstić information content (AvgIpc) is 2.18. The lowest BCUT2D eigenvalue weighted by molar-refractivity contribution is -0.141. The molecule has 1 unspecified atom stereocenters. The molecule has 1 aromatic heterocycles. The van der Waals surface area contributed by atoms with Crippen molar-refractivity contribution >= 4 is 11.8 Å². The minimum atomic E-state index is -0.782. The zero-order chi connectivity index (χ0) is 11.3. The Kier molecular flexibility index (Phi) is 4.03. The monoisotopic (exact) mass is 209 g/mol. The van der Waals surface area contributed by atoms with Crippen molar-refractivity contribution in [2.75, 3.05) is 11.9 Å². The maximum absolute atomic E-state index is 10.7. The largest absolute Gasteiger partial charge is 0.481 e. The van der Waals surface area contributed by atoms with Crippen molar-refractivity contribution in [2.24, 2.45) is 5.92 Å². The van der Waals surface area contributed by atoms with Gasteiger partial charge in [0, 0.05) is 18.3 Å². The molecular formula is C10H15N3O2. The normalized spacial score (nSPS) is 12.1. The third kappa shape index (κ3) is 3.53. The zero-order valence-electron chi connectivity index (χ0n) is 8.90. The van der Waals surface area contributed by atoms with Crippen LogP contribution in [-0.4, -0.2) is 27.6 Å². The second kappa shape index (κ2) is 5.29. The fourth-order valence-electron chi connectivity index (χ4n) is 1.19. The molecule has 0 aliphatic rings. The van der Waals surface area contributed by atoms with Crippen molar-refractivity contribution in [1.82, 2.24) is 9.97 Å². The van der Waals surface area contributed by atoms with Gasteiger partial charge in [0.05, 0.1) is 5.92 Å². The lowest BCUT2D eigenvalue weighted by Gasteiger charge is -2.11. The smallest absolute Gasteiger partial charge is 0.308 e.